The van der Waals surface area contributed by atoms with E-state index in [0.717, 1.165) is 12.2 Å². The molecular weight excluding hydrogens is 246 g/mol. The van der Waals surface area contributed by atoms with Crippen molar-refractivity contribution in [2.75, 3.05) is 19.0 Å². The van der Waals surface area contributed by atoms with Gasteiger partial charge in [0.05, 0.1) is 6.61 Å². The van der Waals surface area contributed by atoms with Crippen LogP contribution in [0.5, 0.6) is 0 Å². The Bertz CT molecular complexity index is 577. The number of thiocarbonyl (C=S) groups is 1. The van der Waals surface area contributed by atoms with Crippen molar-refractivity contribution in [2.24, 2.45) is 5.73 Å². The molecule has 2 rings (SSSR count). The zero-order valence-corrected chi connectivity index (χ0v) is 11.4. The van der Waals surface area contributed by atoms with Gasteiger partial charge in [0.1, 0.15) is 0 Å². The van der Waals surface area contributed by atoms with E-state index in [1.54, 1.807) is 7.11 Å². The van der Waals surface area contributed by atoms with Crippen LogP contribution in [0.25, 0.3) is 10.9 Å². The zero-order chi connectivity index (χ0) is 13.1. The van der Waals surface area contributed by atoms with E-state index in [2.05, 4.69) is 28.9 Å². The predicted molar refractivity (Wildman–Crippen MR) is 79.0 cm³/mol. The Kier molecular flexibility index (Phi) is 3.84. The lowest BCUT2D eigenvalue weighted by atomic mass is 10.2. The summed E-state index contributed by atoms with van der Waals surface area (Å²) in [6.45, 7) is 3.65. The van der Waals surface area contributed by atoms with Crippen molar-refractivity contribution in [3.05, 3.63) is 30.0 Å². The summed E-state index contributed by atoms with van der Waals surface area (Å²) in [5.41, 5.74) is 8.79. The highest BCUT2D eigenvalue weighted by atomic mass is 32.1. The van der Waals surface area contributed by atoms with E-state index in [0.29, 0.717) is 6.61 Å². The summed E-state index contributed by atoms with van der Waals surface area (Å²) in [5, 5.41) is 4.40. The van der Waals surface area contributed by atoms with Gasteiger partial charge in [-0.25, -0.2) is 0 Å². The van der Waals surface area contributed by atoms with Crippen LogP contribution in [0.2, 0.25) is 0 Å². The SMILES string of the molecule is COCCn1c(C)cc2cc(NC(N)=S)ccc21. The average Bonchev–Trinajstić information content (AvgIpc) is 2.60. The highest BCUT2D eigenvalue weighted by molar-refractivity contribution is 7.80. The second-order valence-electron chi connectivity index (χ2n) is 4.19. The molecule has 3 N–H and O–H groups in total. The number of ether oxygens (including phenoxy) is 1. The van der Waals surface area contributed by atoms with Crippen LogP contribution in [-0.4, -0.2) is 23.4 Å². The number of anilines is 1. The number of hydrogen-bond acceptors (Lipinski definition) is 2. The summed E-state index contributed by atoms with van der Waals surface area (Å²) in [4.78, 5) is 0. The average molecular weight is 263 g/mol. The monoisotopic (exact) mass is 263 g/mol. The summed E-state index contributed by atoms with van der Waals surface area (Å²) in [6, 6.07) is 8.24. The van der Waals surface area contributed by atoms with Crippen molar-refractivity contribution in [3.63, 3.8) is 0 Å². The second-order valence-corrected chi connectivity index (χ2v) is 4.63. The highest BCUT2D eigenvalue weighted by Crippen LogP contribution is 2.23. The third-order valence-electron chi connectivity index (χ3n) is 2.90. The van der Waals surface area contributed by atoms with Crippen molar-refractivity contribution >= 4 is 33.9 Å². The van der Waals surface area contributed by atoms with E-state index < -0.39 is 0 Å². The molecular formula is C13H17N3OS. The molecule has 0 spiro atoms. The Hall–Kier alpha value is -1.59. The van der Waals surface area contributed by atoms with Crippen LogP contribution in [-0.2, 0) is 11.3 Å². The Morgan fingerprint density at radius 3 is 2.89 bits per heavy atom. The highest BCUT2D eigenvalue weighted by Gasteiger charge is 2.06. The van der Waals surface area contributed by atoms with Crippen molar-refractivity contribution in [3.8, 4) is 0 Å². The topological polar surface area (TPSA) is 52.2 Å². The van der Waals surface area contributed by atoms with E-state index in [9.17, 15) is 0 Å². The maximum Gasteiger partial charge on any atom is 0.168 e. The molecule has 5 heteroatoms. The Labute approximate surface area is 112 Å². The molecule has 96 valence electrons. The van der Waals surface area contributed by atoms with E-state index in [1.165, 1.54) is 16.6 Å². The number of benzene rings is 1. The van der Waals surface area contributed by atoms with E-state index in [-0.39, 0.29) is 5.11 Å². The van der Waals surface area contributed by atoms with E-state index >= 15 is 0 Å². The predicted octanol–water partition coefficient (Wildman–Crippen LogP) is 2.25. The first-order chi connectivity index (χ1) is 8.61. The number of nitrogens with two attached hydrogens (primary N) is 1. The molecule has 1 heterocycles. The van der Waals surface area contributed by atoms with Crippen LogP contribution < -0.4 is 11.1 Å². The minimum atomic E-state index is 0.282. The number of hydrogen-bond donors (Lipinski definition) is 2. The summed E-state index contributed by atoms with van der Waals surface area (Å²) in [7, 11) is 1.71. The van der Waals surface area contributed by atoms with Crippen molar-refractivity contribution in [2.45, 2.75) is 13.5 Å². The molecule has 18 heavy (non-hydrogen) atoms. The van der Waals surface area contributed by atoms with Gasteiger partial charge < -0.3 is 20.4 Å². The fraction of sp³-hybridized carbons (Fsp3) is 0.308. The number of nitrogens with zero attached hydrogens (tertiary/aromatic N) is 1. The number of methoxy groups -OCH3 is 1. The number of nitrogens with one attached hydrogen (secondary N) is 1. The molecule has 0 fully saturated rings. The number of aromatic nitrogens is 1. The molecule has 1 aromatic carbocycles. The number of aryl methyl sites for hydroxylation is 1. The van der Waals surface area contributed by atoms with Crippen LogP contribution in [0.15, 0.2) is 24.3 Å². The Morgan fingerprint density at radius 2 is 2.22 bits per heavy atom. The normalized spacial score (nSPS) is 10.8. The summed E-state index contributed by atoms with van der Waals surface area (Å²) in [5.74, 6) is 0. The standard InChI is InChI=1S/C13H17N3OS/c1-9-7-10-8-11(15-13(14)18)3-4-12(10)16(9)5-6-17-2/h3-4,7-8H,5-6H2,1-2H3,(H3,14,15,18). The lowest BCUT2D eigenvalue weighted by Gasteiger charge is -2.08. The van der Waals surface area contributed by atoms with Crippen molar-refractivity contribution in [1.29, 1.82) is 0 Å². The van der Waals surface area contributed by atoms with Gasteiger partial charge in [-0.2, -0.15) is 0 Å². The first kappa shape index (κ1) is 12.9. The maximum absolute atomic E-state index is 5.47. The molecule has 4 nitrogen and oxygen atoms in total. The third kappa shape index (κ3) is 2.63. The fourth-order valence-electron chi connectivity index (χ4n) is 2.11. The van der Waals surface area contributed by atoms with Gasteiger partial charge in [-0.3, -0.25) is 0 Å². The van der Waals surface area contributed by atoms with Crippen molar-refractivity contribution in [1.82, 2.24) is 4.57 Å². The Morgan fingerprint density at radius 1 is 1.44 bits per heavy atom. The lowest BCUT2D eigenvalue weighted by Crippen LogP contribution is -2.18. The largest absolute Gasteiger partial charge is 0.383 e. The minimum absolute atomic E-state index is 0.282. The Balaban J connectivity index is 2.37. The van der Waals surface area contributed by atoms with Crippen LogP contribution >= 0.6 is 12.2 Å². The van der Waals surface area contributed by atoms with Gasteiger partial charge in [-0.1, -0.05) is 0 Å². The molecule has 0 bridgehead atoms. The van der Waals surface area contributed by atoms with Gasteiger partial charge in [-0.05, 0) is 43.4 Å². The summed E-state index contributed by atoms with van der Waals surface area (Å²) < 4.78 is 7.37. The molecule has 0 unspecified atom stereocenters. The number of fused-ring (bicyclic) bond motifs is 1. The minimum Gasteiger partial charge on any atom is -0.383 e. The van der Waals surface area contributed by atoms with Crippen LogP contribution in [0, 0.1) is 6.92 Å². The van der Waals surface area contributed by atoms with E-state index in [4.69, 9.17) is 22.7 Å². The van der Waals surface area contributed by atoms with Crippen LogP contribution in [0.3, 0.4) is 0 Å². The van der Waals surface area contributed by atoms with Crippen LogP contribution in [0.4, 0.5) is 5.69 Å². The first-order valence-electron chi connectivity index (χ1n) is 5.77. The molecule has 0 radical (unpaired) electrons. The first-order valence-corrected chi connectivity index (χ1v) is 6.18. The molecule has 0 saturated carbocycles. The van der Waals surface area contributed by atoms with Crippen molar-refractivity contribution < 1.29 is 4.74 Å². The van der Waals surface area contributed by atoms with Gasteiger partial charge in [0, 0.05) is 35.9 Å². The molecule has 0 aliphatic carbocycles. The molecule has 2 aromatic rings. The lowest BCUT2D eigenvalue weighted by molar-refractivity contribution is 0.188. The van der Waals surface area contributed by atoms with Gasteiger partial charge in [0.25, 0.3) is 0 Å². The summed E-state index contributed by atoms with van der Waals surface area (Å²) in [6.07, 6.45) is 0. The molecule has 0 saturated heterocycles. The second kappa shape index (κ2) is 5.37. The molecule has 0 amide bonds. The van der Waals surface area contributed by atoms with Gasteiger partial charge in [0.2, 0.25) is 0 Å². The zero-order valence-electron chi connectivity index (χ0n) is 10.6. The maximum atomic E-state index is 5.47. The smallest absolute Gasteiger partial charge is 0.168 e. The third-order valence-corrected chi connectivity index (χ3v) is 3.00. The van der Waals surface area contributed by atoms with Gasteiger partial charge in [-0.15, -0.1) is 0 Å². The molecule has 0 aliphatic heterocycles. The molecule has 1 aromatic heterocycles. The molecule has 0 aliphatic rings. The van der Waals surface area contributed by atoms with Gasteiger partial charge >= 0.3 is 0 Å². The quantitative estimate of drug-likeness (QED) is 0.831. The summed E-state index contributed by atoms with van der Waals surface area (Å²) >= 11 is 4.83. The van der Waals surface area contributed by atoms with E-state index in [1.807, 2.05) is 12.1 Å². The van der Waals surface area contributed by atoms with Gasteiger partial charge in [0.15, 0.2) is 5.11 Å². The molecule has 0 atom stereocenters. The fourth-order valence-corrected chi connectivity index (χ4v) is 2.23. The van der Waals surface area contributed by atoms with Crippen LogP contribution in [0.1, 0.15) is 5.69 Å². The number of rotatable bonds is 4.